The van der Waals surface area contributed by atoms with Crippen molar-refractivity contribution in [1.29, 1.82) is 0 Å². The van der Waals surface area contributed by atoms with Gasteiger partial charge < -0.3 is 14.2 Å². The minimum Gasteiger partial charge on any atom is -0.497 e. The lowest BCUT2D eigenvalue weighted by Gasteiger charge is -2.06. The summed E-state index contributed by atoms with van der Waals surface area (Å²) >= 11 is 5.55. The number of halogens is 1. The molecule has 0 fully saturated rings. The van der Waals surface area contributed by atoms with Gasteiger partial charge in [0.05, 0.1) is 31.2 Å². The average Bonchev–Trinajstić information content (AvgIpc) is 2.87. The number of nitro groups is 2. The number of carbonyl (C=O) groups is 2. The molecule has 0 unspecified atom stereocenters. The molecule has 0 saturated carbocycles. The van der Waals surface area contributed by atoms with Gasteiger partial charge in [0, 0.05) is 17.2 Å². The zero-order valence-electron chi connectivity index (χ0n) is 18.7. The van der Waals surface area contributed by atoms with E-state index in [9.17, 15) is 29.8 Å². The van der Waals surface area contributed by atoms with Gasteiger partial charge in [-0.3, -0.25) is 20.2 Å². The topological polar surface area (TPSA) is 148 Å². The number of methoxy groups -OCH3 is 3. The van der Waals surface area contributed by atoms with Gasteiger partial charge in [0.1, 0.15) is 16.9 Å². The summed E-state index contributed by atoms with van der Waals surface area (Å²) in [6.07, 6.45) is 0. The number of ether oxygens (including phenoxy) is 3. The Morgan fingerprint density at radius 1 is 0.714 bits per heavy atom. The van der Waals surface area contributed by atoms with Gasteiger partial charge >= 0.3 is 11.9 Å². The van der Waals surface area contributed by atoms with Crippen molar-refractivity contribution in [3.63, 3.8) is 0 Å². The maximum atomic E-state index is 11.5. The molecular formula is C23H19ClN2O9. The van der Waals surface area contributed by atoms with Crippen molar-refractivity contribution in [1.82, 2.24) is 0 Å². The SMILES string of the molecule is COC(=O)c1ccc(-c2ccc(OC)cc2)cc1[N+](=O)[O-].COC(=O)c1ccc(Cl)cc1[N+](=O)[O-]. The van der Waals surface area contributed by atoms with Crippen LogP contribution in [0, 0.1) is 20.2 Å². The lowest BCUT2D eigenvalue weighted by Crippen LogP contribution is -2.05. The maximum absolute atomic E-state index is 11.5. The fourth-order valence-electron chi connectivity index (χ4n) is 2.87. The lowest BCUT2D eigenvalue weighted by molar-refractivity contribution is -0.385. The fourth-order valence-corrected chi connectivity index (χ4v) is 3.03. The third kappa shape index (κ3) is 6.74. The zero-order valence-corrected chi connectivity index (χ0v) is 19.5. The Kier molecular flexibility index (Phi) is 9.24. The summed E-state index contributed by atoms with van der Waals surface area (Å²) in [6.45, 7) is 0. The number of nitro benzene ring substituents is 2. The molecule has 0 bridgehead atoms. The molecule has 0 aliphatic carbocycles. The van der Waals surface area contributed by atoms with Crippen LogP contribution in [0.2, 0.25) is 5.02 Å². The summed E-state index contributed by atoms with van der Waals surface area (Å²) < 4.78 is 14.0. The first-order valence-corrected chi connectivity index (χ1v) is 10.0. The van der Waals surface area contributed by atoms with E-state index < -0.39 is 21.8 Å². The van der Waals surface area contributed by atoms with E-state index in [1.807, 2.05) is 0 Å². The highest BCUT2D eigenvalue weighted by atomic mass is 35.5. The molecule has 12 heteroatoms. The smallest absolute Gasteiger partial charge is 0.344 e. The highest BCUT2D eigenvalue weighted by Crippen LogP contribution is 2.29. The molecule has 0 heterocycles. The van der Waals surface area contributed by atoms with Crippen molar-refractivity contribution >= 4 is 34.9 Å². The number of hydrogen-bond acceptors (Lipinski definition) is 9. The molecular weight excluding hydrogens is 484 g/mol. The second kappa shape index (κ2) is 12.1. The Labute approximate surface area is 204 Å². The van der Waals surface area contributed by atoms with Crippen LogP contribution in [0.15, 0.2) is 60.7 Å². The minimum atomic E-state index is -0.756. The van der Waals surface area contributed by atoms with Crippen LogP contribution < -0.4 is 4.74 Å². The van der Waals surface area contributed by atoms with Crippen molar-refractivity contribution in [2.45, 2.75) is 0 Å². The fraction of sp³-hybridized carbons (Fsp3) is 0.130. The standard InChI is InChI=1S/C15H13NO5.C8H6ClNO4/c1-20-12-6-3-10(4-7-12)11-5-8-13(15(17)21-2)14(9-11)16(18)19;1-14-8(11)6-3-2-5(9)4-7(6)10(12)13/h3-9H,1-2H3;2-4H,1H3. The van der Waals surface area contributed by atoms with Crippen LogP contribution in [0.1, 0.15) is 20.7 Å². The van der Waals surface area contributed by atoms with Gasteiger partial charge in [-0.15, -0.1) is 0 Å². The summed E-state index contributed by atoms with van der Waals surface area (Å²) in [7, 11) is 3.90. The van der Waals surface area contributed by atoms with Gasteiger partial charge in [-0.2, -0.15) is 0 Å². The van der Waals surface area contributed by atoms with Gasteiger partial charge in [0.2, 0.25) is 0 Å². The first-order chi connectivity index (χ1) is 16.6. The van der Waals surface area contributed by atoms with E-state index in [0.29, 0.717) is 11.3 Å². The predicted molar refractivity (Wildman–Crippen MR) is 126 cm³/mol. The van der Waals surface area contributed by atoms with Crippen molar-refractivity contribution in [3.05, 3.63) is 97.0 Å². The van der Waals surface area contributed by atoms with E-state index in [1.54, 1.807) is 37.4 Å². The number of rotatable bonds is 6. The number of nitrogens with zero attached hydrogens (tertiary/aromatic N) is 2. The Morgan fingerprint density at radius 3 is 1.63 bits per heavy atom. The van der Waals surface area contributed by atoms with Crippen molar-refractivity contribution in [3.8, 4) is 16.9 Å². The zero-order chi connectivity index (χ0) is 26.1. The summed E-state index contributed by atoms with van der Waals surface area (Å²) in [5.41, 5.74) is 0.605. The molecule has 3 rings (SSSR count). The molecule has 0 aliphatic rings. The summed E-state index contributed by atoms with van der Waals surface area (Å²) in [4.78, 5) is 43.0. The molecule has 3 aromatic carbocycles. The second-order valence-electron chi connectivity index (χ2n) is 6.62. The maximum Gasteiger partial charge on any atom is 0.344 e. The molecule has 0 saturated heterocycles. The number of esters is 2. The van der Waals surface area contributed by atoms with Crippen LogP contribution in [-0.4, -0.2) is 43.1 Å². The number of benzene rings is 3. The molecule has 0 radical (unpaired) electrons. The minimum absolute atomic E-state index is 0.0697. The third-order valence-corrected chi connectivity index (χ3v) is 4.82. The quantitative estimate of drug-likeness (QED) is 0.255. The predicted octanol–water partition coefficient (Wildman–Crippen LogP) is 5.09. The van der Waals surface area contributed by atoms with Crippen LogP contribution in [0.25, 0.3) is 11.1 Å². The van der Waals surface area contributed by atoms with E-state index in [2.05, 4.69) is 9.47 Å². The average molecular weight is 503 g/mol. The van der Waals surface area contributed by atoms with E-state index in [4.69, 9.17) is 16.3 Å². The molecule has 35 heavy (non-hydrogen) atoms. The van der Waals surface area contributed by atoms with Crippen molar-refractivity contribution < 1.29 is 33.6 Å². The molecule has 0 spiro atoms. The summed E-state index contributed by atoms with van der Waals surface area (Å²) in [5.74, 6) is -0.796. The molecule has 0 aromatic heterocycles. The van der Waals surface area contributed by atoms with Crippen LogP contribution in [-0.2, 0) is 9.47 Å². The molecule has 3 aromatic rings. The van der Waals surface area contributed by atoms with Gasteiger partial charge in [-0.25, -0.2) is 9.59 Å². The van der Waals surface area contributed by atoms with E-state index in [0.717, 1.165) is 18.7 Å². The Morgan fingerprint density at radius 2 is 1.17 bits per heavy atom. The van der Waals surface area contributed by atoms with E-state index in [1.165, 1.54) is 31.4 Å². The molecule has 182 valence electrons. The van der Waals surface area contributed by atoms with Gasteiger partial charge in [0.15, 0.2) is 0 Å². The Hall–Kier alpha value is -4.51. The monoisotopic (exact) mass is 502 g/mol. The molecule has 0 atom stereocenters. The van der Waals surface area contributed by atoms with E-state index in [-0.39, 0.29) is 27.5 Å². The van der Waals surface area contributed by atoms with Crippen molar-refractivity contribution in [2.24, 2.45) is 0 Å². The van der Waals surface area contributed by atoms with Crippen molar-refractivity contribution in [2.75, 3.05) is 21.3 Å². The summed E-state index contributed by atoms with van der Waals surface area (Å²) in [6, 6.07) is 15.2. The first kappa shape index (κ1) is 26.7. The molecule has 0 aliphatic heterocycles. The molecule has 0 amide bonds. The number of hydrogen-bond donors (Lipinski definition) is 0. The third-order valence-electron chi connectivity index (χ3n) is 4.58. The largest absolute Gasteiger partial charge is 0.497 e. The van der Waals surface area contributed by atoms with Gasteiger partial charge in [-0.1, -0.05) is 29.8 Å². The van der Waals surface area contributed by atoms with Gasteiger partial charge in [-0.05, 0) is 41.5 Å². The van der Waals surface area contributed by atoms with Crippen LogP contribution >= 0.6 is 11.6 Å². The highest BCUT2D eigenvalue weighted by Gasteiger charge is 2.22. The first-order valence-electron chi connectivity index (χ1n) is 9.66. The number of carbonyl (C=O) groups excluding carboxylic acids is 2. The summed E-state index contributed by atoms with van der Waals surface area (Å²) in [5, 5.41) is 21.8. The normalized spacial score (nSPS) is 9.83. The van der Waals surface area contributed by atoms with E-state index >= 15 is 0 Å². The van der Waals surface area contributed by atoms with Crippen LogP contribution in [0.4, 0.5) is 11.4 Å². The molecule has 0 N–H and O–H groups in total. The molecule has 11 nitrogen and oxygen atoms in total. The van der Waals surface area contributed by atoms with Crippen LogP contribution in [0.3, 0.4) is 0 Å². The Bertz CT molecular complexity index is 1260. The van der Waals surface area contributed by atoms with Gasteiger partial charge in [0.25, 0.3) is 11.4 Å². The lowest BCUT2D eigenvalue weighted by atomic mass is 10.0. The highest BCUT2D eigenvalue weighted by molar-refractivity contribution is 6.31. The second-order valence-corrected chi connectivity index (χ2v) is 7.06. The Balaban J connectivity index is 0.000000269. The van der Waals surface area contributed by atoms with Crippen LogP contribution in [0.5, 0.6) is 5.75 Å².